The Labute approximate surface area is 159 Å². The van der Waals surface area contributed by atoms with Crippen molar-refractivity contribution in [2.45, 2.75) is 19.3 Å². The molecule has 0 aromatic heterocycles. The molecule has 3 rings (SSSR count). The highest BCUT2D eigenvalue weighted by atomic mass is 35.5. The third kappa shape index (κ3) is 5.35. The zero-order valence-electron chi connectivity index (χ0n) is 15.0. The van der Waals surface area contributed by atoms with E-state index in [2.05, 4.69) is 15.5 Å². The number of carbonyl (C=O) groups is 2. The first kappa shape index (κ1) is 19.0. The molecule has 1 unspecified atom stereocenters. The summed E-state index contributed by atoms with van der Waals surface area (Å²) in [6.45, 7) is 5.07. The maximum Gasteiger partial charge on any atom is 0.242 e. The van der Waals surface area contributed by atoms with Gasteiger partial charge in [0.15, 0.2) is 0 Å². The van der Waals surface area contributed by atoms with E-state index in [4.69, 9.17) is 11.6 Å². The average molecular weight is 379 g/mol. The number of carbonyl (C=O) groups excluding carboxylic acids is 2. The van der Waals surface area contributed by atoms with Gasteiger partial charge in [0.2, 0.25) is 11.8 Å². The van der Waals surface area contributed by atoms with E-state index in [-0.39, 0.29) is 18.4 Å². The Hall–Kier alpha value is -1.79. The van der Waals surface area contributed by atoms with Crippen LogP contribution in [0.2, 0.25) is 5.02 Å². The van der Waals surface area contributed by atoms with Crippen LogP contribution in [0.3, 0.4) is 0 Å². The van der Waals surface area contributed by atoms with Crippen molar-refractivity contribution in [2.75, 3.05) is 50.7 Å². The molecule has 0 radical (unpaired) electrons. The summed E-state index contributed by atoms with van der Waals surface area (Å²) in [6.07, 6.45) is 2.54. The van der Waals surface area contributed by atoms with Crippen molar-refractivity contribution in [1.82, 2.24) is 15.5 Å². The standard InChI is InChI=1S/C19H27ClN4O2/c20-16-2-4-17(5-3-16)23-9-11-24(12-10-23)19(26)14-22-18(25)6-1-15-7-8-21-13-15/h2-5,15,21H,1,6-14H2,(H,22,25). The lowest BCUT2D eigenvalue weighted by atomic mass is 10.0. The summed E-state index contributed by atoms with van der Waals surface area (Å²) >= 11 is 5.93. The monoisotopic (exact) mass is 378 g/mol. The number of anilines is 1. The molecular formula is C19H27ClN4O2. The second-order valence-corrected chi connectivity index (χ2v) is 7.45. The third-order valence-electron chi connectivity index (χ3n) is 5.20. The van der Waals surface area contributed by atoms with Gasteiger partial charge in [0, 0.05) is 43.3 Å². The molecule has 1 aromatic carbocycles. The number of piperazine rings is 1. The molecule has 7 heteroatoms. The Balaban J connectivity index is 1.35. The van der Waals surface area contributed by atoms with Crippen LogP contribution in [0.5, 0.6) is 0 Å². The van der Waals surface area contributed by atoms with Crippen LogP contribution in [0.1, 0.15) is 19.3 Å². The fourth-order valence-electron chi connectivity index (χ4n) is 3.54. The predicted molar refractivity (Wildman–Crippen MR) is 103 cm³/mol. The number of rotatable bonds is 6. The maximum absolute atomic E-state index is 12.3. The molecule has 2 amide bonds. The molecule has 6 nitrogen and oxygen atoms in total. The van der Waals surface area contributed by atoms with E-state index in [1.807, 2.05) is 29.2 Å². The summed E-state index contributed by atoms with van der Waals surface area (Å²) in [7, 11) is 0. The fourth-order valence-corrected chi connectivity index (χ4v) is 3.66. The summed E-state index contributed by atoms with van der Waals surface area (Å²) < 4.78 is 0. The largest absolute Gasteiger partial charge is 0.368 e. The van der Waals surface area contributed by atoms with Gasteiger partial charge in [0.1, 0.15) is 0 Å². The summed E-state index contributed by atoms with van der Waals surface area (Å²) in [4.78, 5) is 28.3. The fraction of sp³-hybridized carbons (Fsp3) is 0.579. The van der Waals surface area contributed by atoms with Gasteiger partial charge in [-0.05, 0) is 56.1 Å². The predicted octanol–water partition coefficient (Wildman–Crippen LogP) is 1.49. The number of nitrogens with one attached hydrogen (secondary N) is 2. The molecule has 1 atom stereocenters. The molecule has 0 saturated carbocycles. The van der Waals surface area contributed by atoms with Crippen molar-refractivity contribution in [3.63, 3.8) is 0 Å². The summed E-state index contributed by atoms with van der Waals surface area (Å²) in [5.74, 6) is 0.569. The first-order valence-electron chi connectivity index (χ1n) is 9.37. The zero-order valence-corrected chi connectivity index (χ0v) is 15.8. The molecule has 2 fully saturated rings. The van der Waals surface area contributed by atoms with Gasteiger partial charge in [-0.2, -0.15) is 0 Å². The maximum atomic E-state index is 12.3. The number of benzene rings is 1. The average Bonchev–Trinajstić information content (AvgIpc) is 3.19. The minimum Gasteiger partial charge on any atom is -0.368 e. The Morgan fingerprint density at radius 2 is 1.88 bits per heavy atom. The molecule has 0 spiro atoms. The van der Waals surface area contributed by atoms with E-state index in [1.54, 1.807) is 0 Å². The van der Waals surface area contributed by atoms with Crippen LogP contribution in [0, 0.1) is 5.92 Å². The van der Waals surface area contributed by atoms with Crippen molar-refractivity contribution in [1.29, 1.82) is 0 Å². The van der Waals surface area contributed by atoms with Gasteiger partial charge in [-0.1, -0.05) is 11.6 Å². The lowest BCUT2D eigenvalue weighted by molar-refractivity contribution is -0.133. The van der Waals surface area contributed by atoms with Gasteiger partial charge in [-0.15, -0.1) is 0 Å². The smallest absolute Gasteiger partial charge is 0.242 e. The van der Waals surface area contributed by atoms with Crippen LogP contribution in [-0.4, -0.2) is 62.5 Å². The molecule has 2 aliphatic heterocycles. The highest BCUT2D eigenvalue weighted by Gasteiger charge is 2.22. The highest BCUT2D eigenvalue weighted by Crippen LogP contribution is 2.19. The van der Waals surface area contributed by atoms with Crippen LogP contribution in [-0.2, 0) is 9.59 Å². The normalized spacial score (nSPS) is 20.3. The van der Waals surface area contributed by atoms with Crippen LogP contribution in [0.4, 0.5) is 5.69 Å². The van der Waals surface area contributed by atoms with Crippen molar-refractivity contribution in [3.8, 4) is 0 Å². The zero-order chi connectivity index (χ0) is 18.4. The highest BCUT2D eigenvalue weighted by molar-refractivity contribution is 6.30. The van der Waals surface area contributed by atoms with Crippen LogP contribution >= 0.6 is 11.6 Å². The van der Waals surface area contributed by atoms with Gasteiger partial charge in [0.05, 0.1) is 6.54 Å². The van der Waals surface area contributed by atoms with E-state index in [9.17, 15) is 9.59 Å². The minimum absolute atomic E-state index is 0.00311. The molecular weight excluding hydrogens is 352 g/mol. The summed E-state index contributed by atoms with van der Waals surface area (Å²) in [5, 5.41) is 6.80. The quantitative estimate of drug-likeness (QED) is 0.787. The molecule has 2 N–H and O–H groups in total. The molecule has 0 bridgehead atoms. The lowest BCUT2D eigenvalue weighted by Gasteiger charge is -2.36. The molecule has 142 valence electrons. The SMILES string of the molecule is O=C(CCC1CCNC1)NCC(=O)N1CCN(c2ccc(Cl)cc2)CC1. The minimum atomic E-state index is -0.0231. The number of hydrogen-bond acceptors (Lipinski definition) is 4. The van der Waals surface area contributed by atoms with Crippen molar-refractivity contribution < 1.29 is 9.59 Å². The molecule has 0 aliphatic carbocycles. The van der Waals surface area contributed by atoms with E-state index in [0.29, 0.717) is 25.4 Å². The van der Waals surface area contributed by atoms with Gasteiger partial charge >= 0.3 is 0 Å². The molecule has 2 saturated heterocycles. The van der Waals surface area contributed by atoms with Crippen molar-refractivity contribution >= 4 is 29.1 Å². The van der Waals surface area contributed by atoms with E-state index >= 15 is 0 Å². The second kappa shape index (κ2) is 9.24. The van der Waals surface area contributed by atoms with Gasteiger partial charge in [0.25, 0.3) is 0 Å². The number of amides is 2. The van der Waals surface area contributed by atoms with Gasteiger partial charge in [-0.3, -0.25) is 9.59 Å². The van der Waals surface area contributed by atoms with E-state index in [1.165, 1.54) is 0 Å². The summed E-state index contributed by atoms with van der Waals surface area (Å²) in [6, 6.07) is 7.76. The van der Waals surface area contributed by atoms with Crippen molar-refractivity contribution in [2.24, 2.45) is 5.92 Å². The van der Waals surface area contributed by atoms with E-state index in [0.717, 1.165) is 49.7 Å². The second-order valence-electron chi connectivity index (χ2n) is 7.02. The molecule has 26 heavy (non-hydrogen) atoms. The Morgan fingerprint density at radius 3 is 2.54 bits per heavy atom. The van der Waals surface area contributed by atoms with Gasteiger partial charge < -0.3 is 20.4 Å². The Bertz CT molecular complexity index is 608. The first-order valence-corrected chi connectivity index (χ1v) is 9.75. The number of halogens is 1. The first-order chi connectivity index (χ1) is 12.6. The van der Waals surface area contributed by atoms with E-state index < -0.39 is 0 Å². The molecule has 1 aromatic rings. The van der Waals surface area contributed by atoms with Crippen LogP contribution in [0.25, 0.3) is 0 Å². The number of nitrogens with zero attached hydrogens (tertiary/aromatic N) is 2. The Morgan fingerprint density at radius 1 is 1.15 bits per heavy atom. The Kier molecular flexibility index (Phi) is 6.74. The topological polar surface area (TPSA) is 64.7 Å². The number of hydrogen-bond donors (Lipinski definition) is 2. The van der Waals surface area contributed by atoms with Crippen LogP contribution in [0.15, 0.2) is 24.3 Å². The van der Waals surface area contributed by atoms with Crippen molar-refractivity contribution in [3.05, 3.63) is 29.3 Å². The third-order valence-corrected chi connectivity index (χ3v) is 5.45. The van der Waals surface area contributed by atoms with Gasteiger partial charge in [-0.25, -0.2) is 0 Å². The van der Waals surface area contributed by atoms with Crippen LogP contribution < -0.4 is 15.5 Å². The summed E-state index contributed by atoms with van der Waals surface area (Å²) in [5.41, 5.74) is 1.12. The molecule has 2 aliphatic rings. The lowest BCUT2D eigenvalue weighted by Crippen LogP contribution is -2.51. The molecule has 2 heterocycles.